The van der Waals surface area contributed by atoms with Crippen molar-refractivity contribution in [2.75, 3.05) is 26.8 Å². The molecule has 0 saturated carbocycles. The van der Waals surface area contributed by atoms with Crippen LogP contribution in [0, 0.1) is 10.8 Å². The minimum Gasteiger partial charge on any atom is -0.381 e. The van der Waals surface area contributed by atoms with Crippen molar-refractivity contribution in [1.82, 2.24) is 5.32 Å². The summed E-state index contributed by atoms with van der Waals surface area (Å²) in [6, 6.07) is 0. The molecule has 15 heavy (non-hydrogen) atoms. The first-order valence-corrected chi connectivity index (χ1v) is 6.05. The SMILES string of the molecule is CCOCC(C)(C)CC(C)(C)CCNC. The van der Waals surface area contributed by atoms with Crippen molar-refractivity contribution in [3.05, 3.63) is 0 Å². The second kappa shape index (κ2) is 6.49. The molecule has 0 aliphatic rings. The lowest BCUT2D eigenvalue weighted by atomic mass is 9.74. The molecule has 0 aromatic carbocycles. The zero-order valence-corrected chi connectivity index (χ0v) is 11.4. The van der Waals surface area contributed by atoms with Crippen LogP contribution in [0.4, 0.5) is 0 Å². The van der Waals surface area contributed by atoms with Crippen LogP contribution in [0.3, 0.4) is 0 Å². The maximum absolute atomic E-state index is 5.53. The minimum absolute atomic E-state index is 0.285. The molecule has 0 atom stereocenters. The average molecular weight is 215 g/mol. The van der Waals surface area contributed by atoms with Gasteiger partial charge in [0.25, 0.3) is 0 Å². The maximum atomic E-state index is 5.53. The van der Waals surface area contributed by atoms with E-state index in [2.05, 4.69) is 39.9 Å². The number of hydrogen-bond donors (Lipinski definition) is 1. The molecule has 0 bridgehead atoms. The van der Waals surface area contributed by atoms with Crippen molar-refractivity contribution in [2.45, 2.75) is 47.5 Å². The Labute approximate surface area is 95.8 Å². The fraction of sp³-hybridized carbons (Fsp3) is 1.00. The van der Waals surface area contributed by atoms with Crippen molar-refractivity contribution >= 4 is 0 Å². The first-order chi connectivity index (χ1) is 6.83. The summed E-state index contributed by atoms with van der Waals surface area (Å²) in [6.07, 6.45) is 2.43. The van der Waals surface area contributed by atoms with E-state index in [4.69, 9.17) is 4.74 Å². The summed E-state index contributed by atoms with van der Waals surface area (Å²) in [7, 11) is 2.02. The second-order valence-electron chi connectivity index (χ2n) is 6.00. The molecule has 0 aliphatic heterocycles. The molecule has 0 rings (SSSR count). The van der Waals surface area contributed by atoms with Gasteiger partial charge in [0, 0.05) is 6.61 Å². The van der Waals surface area contributed by atoms with E-state index in [1.165, 1.54) is 12.8 Å². The van der Waals surface area contributed by atoms with Crippen molar-refractivity contribution in [3.8, 4) is 0 Å². The van der Waals surface area contributed by atoms with Gasteiger partial charge in [0.1, 0.15) is 0 Å². The summed E-state index contributed by atoms with van der Waals surface area (Å²) in [4.78, 5) is 0. The Bertz CT molecular complexity index is 146. The fourth-order valence-corrected chi connectivity index (χ4v) is 2.28. The van der Waals surface area contributed by atoms with E-state index >= 15 is 0 Å². The minimum atomic E-state index is 0.285. The normalized spacial score (nSPS) is 13.2. The Morgan fingerprint density at radius 1 is 1.07 bits per heavy atom. The third-order valence-corrected chi connectivity index (χ3v) is 2.71. The third kappa shape index (κ3) is 7.80. The molecule has 92 valence electrons. The Balaban J connectivity index is 4.04. The van der Waals surface area contributed by atoms with E-state index in [-0.39, 0.29) is 5.41 Å². The molecular formula is C13H29NO. The van der Waals surface area contributed by atoms with Crippen LogP contribution >= 0.6 is 0 Å². The van der Waals surface area contributed by atoms with Gasteiger partial charge < -0.3 is 10.1 Å². The van der Waals surface area contributed by atoms with Gasteiger partial charge in [-0.2, -0.15) is 0 Å². The summed E-state index contributed by atoms with van der Waals surface area (Å²) >= 11 is 0. The largest absolute Gasteiger partial charge is 0.381 e. The maximum Gasteiger partial charge on any atom is 0.0517 e. The second-order valence-corrected chi connectivity index (χ2v) is 6.00. The molecule has 0 fully saturated rings. The molecule has 0 saturated heterocycles. The summed E-state index contributed by atoms with van der Waals surface area (Å²) in [5.74, 6) is 0. The zero-order chi connectivity index (χ0) is 11.9. The highest BCUT2D eigenvalue weighted by atomic mass is 16.5. The molecular weight excluding hydrogens is 186 g/mol. The lowest BCUT2D eigenvalue weighted by Gasteiger charge is -2.34. The van der Waals surface area contributed by atoms with E-state index in [0.717, 1.165) is 19.8 Å². The average Bonchev–Trinajstić information content (AvgIpc) is 2.10. The fourth-order valence-electron chi connectivity index (χ4n) is 2.28. The molecule has 2 nitrogen and oxygen atoms in total. The molecule has 0 spiro atoms. The van der Waals surface area contributed by atoms with Crippen LogP contribution in [0.25, 0.3) is 0 Å². The van der Waals surface area contributed by atoms with Crippen molar-refractivity contribution < 1.29 is 4.74 Å². The number of ether oxygens (including phenoxy) is 1. The van der Waals surface area contributed by atoms with Crippen LogP contribution in [-0.2, 0) is 4.74 Å². The summed E-state index contributed by atoms with van der Waals surface area (Å²) in [5, 5.41) is 3.22. The number of nitrogens with one attached hydrogen (secondary N) is 1. The molecule has 0 aromatic rings. The van der Waals surface area contributed by atoms with Gasteiger partial charge in [0.2, 0.25) is 0 Å². The lowest BCUT2D eigenvalue weighted by Crippen LogP contribution is -2.29. The van der Waals surface area contributed by atoms with Gasteiger partial charge in [-0.25, -0.2) is 0 Å². The third-order valence-electron chi connectivity index (χ3n) is 2.71. The molecule has 2 heteroatoms. The molecule has 1 N–H and O–H groups in total. The Morgan fingerprint density at radius 3 is 2.13 bits per heavy atom. The van der Waals surface area contributed by atoms with E-state index in [1.807, 2.05) is 7.05 Å². The van der Waals surface area contributed by atoms with Crippen molar-refractivity contribution in [1.29, 1.82) is 0 Å². The number of rotatable bonds is 8. The monoisotopic (exact) mass is 215 g/mol. The van der Waals surface area contributed by atoms with Crippen LogP contribution in [0.1, 0.15) is 47.5 Å². The highest BCUT2D eigenvalue weighted by Gasteiger charge is 2.28. The first-order valence-electron chi connectivity index (χ1n) is 6.05. The molecule has 0 radical (unpaired) electrons. The zero-order valence-electron chi connectivity index (χ0n) is 11.4. The topological polar surface area (TPSA) is 21.3 Å². The summed E-state index contributed by atoms with van der Waals surface area (Å²) in [5.41, 5.74) is 0.677. The van der Waals surface area contributed by atoms with Gasteiger partial charge in [-0.1, -0.05) is 27.7 Å². The van der Waals surface area contributed by atoms with Crippen LogP contribution < -0.4 is 5.32 Å². The molecule has 0 heterocycles. The van der Waals surface area contributed by atoms with Gasteiger partial charge in [-0.05, 0) is 44.2 Å². The Morgan fingerprint density at radius 2 is 1.67 bits per heavy atom. The number of hydrogen-bond acceptors (Lipinski definition) is 2. The predicted octanol–water partition coefficient (Wildman–Crippen LogP) is 3.07. The van der Waals surface area contributed by atoms with E-state index < -0.39 is 0 Å². The standard InChI is InChI=1S/C13H29NO/c1-7-15-11-13(4,5)10-12(2,3)8-9-14-6/h14H,7-11H2,1-6H3. The van der Waals surface area contributed by atoms with Gasteiger partial charge in [-0.15, -0.1) is 0 Å². The first kappa shape index (κ1) is 14.9. The van der Waals surface area contributed by atoms with Crippen LogP contribution in [0.15, 0.2) is 0 Å². The summed E-state index contributed by atoms with van der Waals surface area (Å²) in [6.45, 7) is 14.1. The van der Waals surface area contributed by atoms with Crippen molar-refractivity contribution in [3.63, 3.8) is 0 Å². The quantitative estimate of drug-likeness (QED) is 0.672. The van der Waals surface area contributed by atoms with Crippen LogP contribution in [0.2, 0.25) is 0 Å². The van der Waals surface area contributed by atoms with Gasteiger partial charge in [0.15, 0.2) is 0 Å². The van der Waals surface area contributed by atoms with Gasteiger partial charge in [0.05, 0.1) is 6.61 Å². The smallest absolute Gasteiger partial charge is 0.0517 e. The van der Waals surface area contributed by atoms with Gasteiger partial charge in [-0.3, -0.25) is 0 Å². The highest BCUT2D eigenvalue weighted by Crippen LogP contribution is 2.36. The summed E-state index contributed by atoms with van der Waals surface area (Å²) < 4.78 is 5.53. The van der Waals surface area contributed by atoms with E-state index in [9.17, 15) is 0 Å². The molecule has 0 amide bonds. The van der Waals surface area contributed by atoms with Crippen LogP contribution in [0.5, 0.6) is 0 Å². The van der Waals surface area contributed by atoms with Gasteiger partial charge >= 0.3 is 0 Å². The van der Waals surface area contributed by atoms with E-state index in [0.29, 0.717) is 5.41 Å². The Kier molecular flexibility index (Phi) is 6.46. The molecule has 0 aromatic heterocycles. The molecule has 0 unspecified atom stereocenters. The Hall–Kier alpha value is -0.0800. The lowest BCUT2D eigenvalue weighted by molar-refractivity contribution is 0.0414. The molecule has 0 aliphatic carbocycles. The highest BCUT2D eigenvalue weighted by molar-refractivity contribution is 4.79. The predicted molar refractivity (Wildman–Crippen MR) is 67.2 cm³/mol. The van der Waals surface area contributed by atoms with E-state index in [1.54, 1.807) is 0 Å². The van der Waals surface area contributed by atoms with Crippen LogP contribution in [-0.4, -0.2) is 26.8 Å². The van der Waals surface area contributed by atoms with Crippen molar-refractivity contribution in [2.24, 2.45) is 10.8 Å².